The highest BCUT2D eigenvalue weighted by Gasteiger charge is 2.12. The van der Waals surface area contributed by atoms with Crippen LogP contribution < -0.4 is 4.74 Å². The van der Waals surface area contributed by atoms with Crippen LogP contribution in [0.3, 0.4) is 0 Å². The largest absolute Gasteiger partial charge is 0.497 e. The monoisotopic (exact) mass is 364 g/mol. The van der Waals surface area contributed by atoms with Gasteiger partial charge in [-0.3, -0.25) is 9.69 Å². The van der Waals surface area contributed by atoms with Crippen LogP contribution in [-0.4, -0.2) is 55.9 Å². The van der Waals surface area contributed by atoms with E-state index in [-0.39, 0.29) is 5.78 Å². The Labute approximate surface area is 162 Å². The summed E-state index contributed by atoms with van der Waals surface area (Å²) in [6.07, 6.45) is 4.75. The van der Waals surface area contributed by atoms with Crippen LogP contribution in [0.2, 0.25) is 0 Å². The molecule has 3 rings (SSSR count). The molecule has 27 heavy (non-hydrogen) atoms. The van der Waals surface area contributed by atoms with Crippen LogP contribution in [0, 0.1) is 0 Å². The Bertz CT molecular complexity index is 783. The lowest BCUT2D eigenvalue weighted by molar-refractivity contribution is 0.104. The lowest BCUT2D eigenvalue weighted by Crippen LogP contribution is -2.28. The number of allylic oxidation sites excluding steroid dienone is 1. The number of carbonyl (C=O) groups excluding carboxylic acids is 1. The number of hydrogen-bond acceptors (Lipinski definition) is 4. The molecule has 4 heteroatoms. The van der Waals surface area contributed by atoms with Crippen molar-refractivity contribution in [2.24, 2.45) is 0 Å². The Balaban J connectivity index is 1.62. The molecule has 1 saturated heterocycles. The lowest BCUT2D eigenvalue weighted by atomic mass is 10.1. The molecule has 2 aromatic rings. The fraction of sp³-hybridized carbons (Fsp3) is 0.348. The molecule has 1 aliphatic rings. The molecule has 0 aliphatic carbocycles. The van der Waals surface area contributed by atoms with Crippen LogP contribution in [0.15, 0.2) is 54.6 Å². The fourth-order valence-corrected chi connectivity index (χ4v) is 3.33. The first kappa shape index (κ1) is 19.3. The minimum atomic E-state index is -0.00129. The van der Waals surface area contributed by atoms with E-state index in [1.165, 1.54) is 18.5 Å². The standard InChI is InChI=1S/C23H28N2O2/c1-24-13-4-14-25(16-15-24)18-20-6-3-5-19(17-20)7-12-23(26)21-8-10-22(27-2)11-9-21/h3,5-12,17H,4,13-16,18H2,1-2H3. The predicted octanol–water partition coefficient (Wildman–Crippen LogP) is 3.73. The maximum atomic E-state index is 12.3. The highest BCUT2D eigenvalue weighted by Crippen LogP contribution is 2.14. The van der Waals surface area contributed by atoms with Gasteiger partial charge >= 0.3 is 0 Å². The smallest absolute Gasteiger partial charge is 0.185 e. The molecule has 0 saturated carbocycles. The van der Waals surface area contributed by atoms with Gasteiger partial charge in [-0.15, -0.1) is 0 Å². The first-order valence-corrected chi connectivity index (χ1v) is 9.50. The number of carbonyl (C=O) groups is 1. The SMILES string of the molecule is COc1ccc(C(=O)C=Cc2cccc(CN3CCCN(C)CC3)c2)cc1. The van der Waals surface area contributed by atoms with Crippen molar-refractivity contribution in [3.05, 3.63) is 71.3 Å². The Morgan fingerprint density at radius 3 is 2.67 bits per heavy atom. The zero-order valence-corrected chi connectivity index (χ0v) is 16.2. The van der Waals surface area contributed by atoms with E-state index in [0.29, 0.717) is 5.56 Å². The average Bonchev–Trinajstić information content (AvgIpc) is 2.90. The fourth-order valence-electron chi connectivity index (χ4n) is 3.33. The van der Waals surface area contributed by atoms with E-state index in [9.17, 15) is 4.79 Å². The van der Waals surface area contributed by atoms with Crippen molar-refractivity contribution in [1.82, 2.24) is 9.80 Å². The molecule has 1 fully saturated rings. The molecular weight excluding hydrogens is 336 g/mol. The number of ketones is 1. The number of ether oxygens (including phenoxy) is 1. The summed E-state index contributed by atoms with van der Waals surface area (Å²) in [7, 11) is 3.81. The Hall–Kier alpha value is -2.43. The van der Waals surface area contributed by atoms with E-state index in [1.807, 2.05) is 12.1 Å². The third-order valence-corrected chi connectivity index (χ3v) is 4.97. The van der Waals surface area contributed by atoms with Gasteiger partial charge in [0.2, 0.25) is 0 Å². The molecule has 0 unspecified atom stereocenters. The summed E-state index contributed by atoms with van der Waals surface area (Å²) in [5, 5.41) is 0. The topological polar surface area (TPSA) is 32.8 Å². The van der Waals surface area contributed by atoms with Crippen molar-refractivity contribution in [3.8, 4) is 5.75 Å². The van der Waals surface area contributed by atoms with E-state index < -0.39 is 0 Å². The average molecular weight is 364 g/mol. The summed E-state index contributed by atoms with van der Waals surface area (Å²) >= 11 is 0. The van der Waals surface area contributed by atoms with Crippen molar-refractivity contribution in [2.45, 2.75) is 13.0 Å². The van der Waals surface area contributed by atoms with Gasteiger partial charge < -0.3 is 9.64 Å². The predicted molar refractivity (Wildman–Crippen MR) is 110 cm³/mol. The molecule has 142 valence electrons. The van der Waals surface area contributed by atoms with E-state index in [4.69, 9.17) is 4.74 Å². The summed E-state index contributed by atoms with van der Waals surface area (Å²) in [4.78, 5) is 17.2. The molecule has 0 spiro atoms. The number of rotatable bonds is 6. The number of benzene rings is 2. The van der Waals surface area contributed by atoms with Gasteiger partial charge in [-0.2, -0.15) is 0 Å². The maximum absolute atomic E-state index is 12.3. The number of nitrogens with zero attached hydrogens (tertiary/aromatic N) is 2. The van der Waals surface area contributed by atoms with Gasteiger partial charge in [-0.1, -0.05) is 30.3 Å². The van der Waals surface area contributed by atoms with Crippen LogP contribution in [0.5, 0.6) is 5.75 Å². The van der Waals surface area contributed by atoms with Gasteiger partial charge in [-0.05, 0) is 68.0 Å². The Kier molecular flexibility index (Phi) is 6.80. The van der Waals surface area contributed by atoms with Crippen LogP contribution in [0.1, 0.15) is 27.9 Å². The third kappa shape index (κ3) is 5.78. The molecule has 1 heterocycles. The minimum absolute atomic E-state index is 0.00129. The Morgan fingerprint density at radius 2 is 1.89 bits per heavy atom. The first-order chi connectivity index (χ1) is 13.1. The second kappa shape index (κ2) is 9.49. The van der Waals surface area contributed by atoms with Crippen LogP contribution in [0.25, 0.3) is 6.08 Å². The quantitative estimate of drug-likeness (QED) is 0.578. The molecule has 0 bridgehead atoms. The van der Waals surface area contributed by atoms with Crippen molar-refractivity contribution >= 4 is 11.9 Å². The van der Waals surface area contributed by atoms with E-state index in [1.54, 1.807) is 37.5 Å². The third-order valence-electron chi connectivity index (χ3n) is 4.97. The van der Waals surface area contributed by atoms with Crippen LogP contribution in [-0.2, 0) is 6.54 Å². The lowest BCUT2D eigenvalue weighted by Gasteiger charge is -2.20. The number of likely N-dealkylation sites (N-methyl/N-ethyl adjacent to an activating group) is 1. The van der Waals surface area contributed by atoms with Crippen molar-refractivity contribution in [3.63, 3.8) is 0 Å². The molecule has 4 nitrogen and oxygen atoms in total. The van der Waals surface area contributed by atoms with Gasteiger partial charge in [-0.25, -0.2) is 0 Å². The minimum Gasteiger partial charge on any atom is -0.497 e. The van der Waals surface area contributed by atoms with Crippen LogP contribution in [0.4, 0.5) is 0 Å². The summed E-state index contributed by atoms with van der Waals surface area (Å²) in [6, 6.07) is 15.6. The van der Waals surface area contributed by atoms with Gasteiger partial charge in [0, 0.05) is 25.2 Å². The van der Waals surface area contributed by atoms with E-state index in [0.717, 1.165) is 37.5 Å². The van der Waals surface area contributed by atoms with Crippen molar-refractivity contribution in [1.29, 1.82) is 0 Å². The number of methoxy groups -OCH3 is 1. The zero-order chi connectivity index (χ0) is 19.1. The van der Waals surface area contributed by atoms with E-state index >= 15 is 0 Å². The molecule has 0 amide bonds. The second-order valence-electron chi connectivity index (χ2n) is 7.10. The second-order valence-corrected chi connectivity index (χ2v) is 7.10. The van der Waals surface area contributed by atoms with Crippen LogP contribution >= 0.6 is 0 Å². The maximum Gasteiger partial charge on any atom is 0.185 e. The molecule has 1 aliphatic heterocycles. The molecule has 2 aromatic carbocycles. The summed E-state index contributed by atoms with van der Waals surface area (Å²) in [5.41, 5.74) is 3.01. The van der Waals surface area contributed by atoms with Gasteiger partial charge in [0.25, 0.3) is 0 Å². The van der Waals surface area contributed by atoms with Gasteiger partial charge in [0.1, 0.15) is 5.75 Å². The number of hydrogen-bond donors (Lipinski definition) is 0. The highest BCUT2D eigenvalue weighted by molar-refractivity contribution is 6.06. The molecule has 0 radical (unpaired) electrons. The normalized spacial score (nSPS) is 16.4. The summed E-state index contributed by atoms with van der Waals surface area (Å²) in [5.74, 6) is 0.751. The molecule has 0 aromatic heterocycles. The molecular formula is C23H28N2O2. The molecule has 0 atom stereocenters. The van der Waals surface area contributed by atoms with Crippen molar-refractivity contribution < 1.29 is 9.53 Å². The summed E-state index contributed by atoms with van der Waals surface area (Å²) < 4.78 is 5.13. The van der Waals surface area contributed by atoms with E-state index in [2.05, 4.69) is 35.0 Å². The van der Waals surface area contributed by atoms with Gasteiger partial charge in [0.15, 0.2) is 5.78 Å². The zero-order valence-electron chi connectivity index (χ0n) is 16.2. The van der Waals surface area contributed by atoms with Gasteiger partial charge in [0.05, 0.1) is 7.11 Å². The first-order valence-electron chi connectivity index (χ1n) is 9.50. The van der Waals surface area contributed by atoms with Crippen molar-refractivity contribution in [2.75, 3.05) is 40.3 Å². The molecule has 0 N–H and O–H groups in total. The Morgan fingerprint density at radius 1 is 1.07 bits per heavy atom. The highest BCUT2D eigenvalue weighted by atomic mass is 16.5. The summed E-state index contributed by atoms with van der Waals surface area (Å²) in [6.45, 7) is 5.50.